The van der Waals surface area contributed by atoms with Crippen LogP contribution < -0.4 is 11.1 Å². The molecule has 19 heavy (non-hydrogen) atoms. The van der Waals surface area contributed by atoms with Crippen molar-refractivity contribution in [1.29, 1.82) is 0 Å². The van der Waals surface area contributed by atoms with Gasteiger partial charge in [-0.05, 0) is 45.3 Å². The van der Waals surface area contributed by atoms with Crippen LogP contribution in [-0.2, 0) is 6.42 Å². The second-order valence-electron chi connectivity index (χ2n) is 5.27. The molecular formula is C13H23N5O. The maximum absolute atomic E-state index is 12.0. The molecule has 1 saturated heterocycles. The second-order valence-corrected chi connectivity index (χ2v) is 5.27. The Bertz CT molecular complexity index is 434. The van der Waals surface area contributed by atoms with E-state index in [9.17, 15) is 4.79 Å². The number of aryl methyl sites for hydroxylation is 1. The van der Waals surface area contributed by atoms with Gasteiger partial charge >= 0.3 is 0 Å². The van der Waals surface area contributed by atoms with Crippen LogP contribution in [0.2, 0.25) is 0 Å². The predicted molar refractivity (Wildman–Crippen MR) is 74.9 cm³/mol. The van der Waals surface area contributed by atoms with Crippen molar-refractivity contribution in [3.63, 3.8) is 0 Å². The summed E-state index contributed by atoms with van der Waals surface area (Å²) in [6.45, 7) is 4.89. The molecule has 0 radical (unpaired) electrons. The summed E-state index contributed by atoms with van der Waals surface area (Å²) < 4.78 is 0. The van der Waals surface area contributed by atoms with E-state index >= 15 is 0 Å². The summed E-state index contributed by atoms with van der Waals surface area (Å²) in [6.07, 6.45) is 3.02. The van der Waals surface area contributed by atoms with Crippen LogP contribution in [0.15, 0.2) is 0 Å². The minimum absolute atomic E-state index is 0.174. The van der Waals surface area contributed by atoms with Crippen molar-refractivity contribution in [3.8, 4) is 0 Å². The third-order valence-electron chi connectivity index (χ3n) is 3.84. The standard InChI is InChI=1S/C13H23N5O/c1-3-10-11(14)12(17-16-10)13(19)15-8-9-4-6-18(2)7-5-9/h9H,3-8,14H2,1-2H3,(H,15,19)(H,16,17). The highest BCUT2D eigenvalue weighted by atomic mass is 16.1. The van der Waals surface area contributed by atoms with Gasteiger partial charge in [-0.3, -0.25) is 9.89 Å². The summed E-state index contributed by atoms with van der Waals surface area (Å²) in [6, 6.07) is 0. The smallest absolute Gasteiger partial charge is 0.273 e. The normalized spacial score (nSPS) is 17.6. The quantitative estimate of drug-likeness (QED) is 0.745. The molecule has 4 N–H and O–H groups in total. The van der Waals surface area contributed by atoms with Gasteiger partial charge in [-0.1, -0.05) is 6.92 Å². The molecule has 0 saturated carbocycles. The molecule has 6 nitrogen and oxygen atoms in total. The van der Waals surface area contributed by atoms with Crippen molar-refractivity contribution in [2.45, 2.75) is 26.2 Å². The molecule has 1 aromatic rings. The Morgan fingerprint density at radius 1 is 1.53 bits per heavy atom. The molecule has 106 valence electrons. The van der Waals surface area contributed by atoms with Gasteiger partial charge < -0.3 is 16.0 Å². The molecule has 1 aromatic heterocycles. The Labute approximate surface area is 113 Å². The predicted octanol–water partition coefficient (Wildman–Crippen LogP) is 0.626. The number of nitrogen functional groups attached to an aromatic ring is 1. The molecule has 0 bridgehead atoms. The van der Waals surface area contributed by atoms with Gasteiger partial charge in [0, 0.05) is 6.54 Å². The van der Waals surface area contributed by atoms with Gasteiger partial charge in [-0.25, -0.2) is 0 Å². The van der Waals surface area contributed by atoms with Crippen LogP contribution in [0.1, 0.15) is 35.9 Å². The SMILES string of the molecule is CCc1[nH]nc(C(=O)NCC2CCN(C)CC2)c1N. The summed E-state index contributed by atoms with van der Waals surface area (Å²) in [5.41, 5.74) is 7.50. The van der Waals surface area contributed by atoms with E-state index in [2.05, 4.69) is 27.5 Å². The highest BCUT2D eigenvalue weighted by molar-refractivity contribution is 5.97. The number of H-pyrrole nitrogens is 1. The number of amides is 1. The fraction of sp³-hybridized carbons (Fsp3) is 0.692. The molecule has 0 spiro atoms. The van der Waals surface area contributed by atoms with Gasteiger partial charge in [0.1, 0.15) is 0 Å². The topological polar surface area (TPSA) is 87.0 Å². The molecule has 0 unspecified atom stereocenters. The van der Waals surface area contributed by atoms with Gasteiger partial charge in [0.2, 0.25) is 0 Å². The van der Waals surface area contributed by atoms with Crippen LogP contribution in [0, 0.1) is 5.92 Å². The second kappa shape index (κ2) is 6.06. The summed E-state index contributed by atoms with van der Waals surface area (Å²) in [5.74, 6) is 0.387. The Kier molecular flexibility index (Phi) is 4.42. The monoisotopic (exact) mass is 265 g/mol. The average molecular weight is 265 g/mol. The van der Waals surface area contributed by atoms with Crippen molar-refractivity contribution in [1.82, 2.24) is 20.4 Å². The fourth-order valence-corrected chi connectivity index (χ4v) is 2.42. The molecule has 0 aromatic carbocycles. The highest BCUT2D eigenvalue weighted by Gasteiger charge is 2.20. The third kappa shape index (κ3) is 3.26. The Hall–Kier alpha value is -1.56. The van der Waals surface area contributed by atoms with Gasteiger partial charge in [-0.15, -0.1) is 0 Å². The lowest BCUT2D eigenvalue weighted by Crippen LogP contribution is -2.37. The lowest BCUT2D eigenvalue weighted by Gasteiger charge is -2.28. The summed E-state index contributed by atoms with van der Waals surface area (Å²) in [4.78, 5) is 14.3. The van der Waals surface area contributed by atoms with E-state index in [0.29, 0.717) is 23.8 Å². The van der Waals surface area contributed by atoms with E-state index in [1.807, 2.05) is 6.92 Å². The number of carbonyl (C=O) groups is 1. The Balaban J connectivity index is 1.85. The Morgan fingerprint density at radius 2 is 2.21 bits per heavy atom. The number of nitrogens with two attached hydrogens (primary N) is 1. The first kappa shape index (κ1) is 13.9. The van der Waals surface area contributed by atoms with E-state index in [1.165, 1.54) is 0 Å². The third-order valence-corrected chi connectivity index (χ3v) is 3.84. The number of anilines is 1. The summed E-state index contributed by atoms with van der Waals surface area (Å²) in [7, 11) is 2.13. The lowest BCUT2D eigenvalue weighted by molar-refractivity contribution is 0.0935. The van der Waals surface area contributed by atoms with E-state index in [-0.39, 0.29) is 5.91 Å². The molecule has 2 rings (SSSR count). The van der Waals surface area contributed by atoms with Crippen molar-refractivity contribution in [2.75, 3.05) is 32.4 Å². The Morgan fingerprint density at radius 3 is 2.79 bits per heavy atom. The number of hydrogen-bond acceptors (Lipinski definition) is 4. The van der Waals surface area contributed by atoms with Gasteiger partial charge in [0.15, 0.2) is 5.69 Å². The molecule has 1 fully saturated rings. The number of nitrogens with one attached hydrogen (secondary N) is 2. The van der Waals surface area contributed by atoms with Crippen molar-refractivity contribution >= 4 is 11.6 Å². The first-order chi connectivity index (χ1) is 9.11. The van der Waals surface area contributed by atoms with Crippen LogP contribution in [-0.4, -0.2) is 47.7 Å². The van der Waals surface area contributed by atoms with E-state index in [4.69, 9.17) is 5.73 Å². The number of hydrogen-bond donors (Lipinski definition) is 3. The molecule has 2 heterocycles. The number of piperidine rings is 1. The van der Waals surface area contributed by atoms with Crippen molar-refractivity contribution in [3.05, 3.63) is 11.4 Å². The largest absolute Gasteiger partial charge is 0.395 e. The molecule has 1 aliphatic heterocycles. The van der Waals surface area contributed by atoms with Crippen LogP contribution in [0.4, 0.5) is 5.69 Å². The van der Waals surface area contributed by atoms with E-state index < -0.39 is 0 Å². The van der Waals surface area contributed by atoms with Crippen LogP contribution >= 0.6 is 0 Å². The molecule has 6 heteroatoms. The van der Waals surface area contributed by atoms with Crippen molar-refractivity contribution in [2.24, 2.45) is 5.92 Å². The average Bonchev–Trinajstić information content (AvgIpc) is 2.79. The highest BCUT2D eigenvalue weighted by Crippen LogP contribution is 2.16. The number of likely N-dealkylation sites (tertiary alicyclic amines) is 1. The fourth-order valence-electron chi connectivity index (χ4n) is 2.42. The lowest BCUT2D eigenvalue weighted by atomic mass is 9.97. The summed E-state index contributed by atoms with van der Waals surface area (Å²) >= 11 is 0. The zero-order valence-electron chi connectivity index (χ0n) is 11.7. The van der Waals surface area contributed by atoms with E-state index in [0.717, 1.165) is 38.0 Å². The number of nitrogens with zero attached hydrogens (tertiary/aromatic N) is 2. The maximum Gasteiger partial charge on any atom is 0.273 e. The summed E-state index contributed by atoms with van der Waals surface area (Å²) in [5, 5.41) is 9.74. The zero-order valence-corrected chi connectivity index (χ0v) is 11.7. The minimum Gasteiger partial charge on any atom is -0.395 e. The number of rotatable bonds is 4. The van der Waals surface area contributed by atoms with Crippen LogP contribution in [0.3, 0.4) is 0 Å². The van der Waals surface area contributed by atoms with Gasteiger partial charge in [-0.2, -0.15) is 5.10 Å². The number of aromatic amines is 1. The molecular weight excluding hydrogens is 242 g/mol. The van der Waals surface area contributed by atoms with E-state index in [1.54, 1.807) is 0 Å². The van der Waals surface area contributed by atoms with Crippen LogP contribution in [0.25, 0.3) is 0 Å². The first-order valence-corrected chi connectivity index (χ1v) is 6.91. The van der Waals surface area contributed by atoms with Crippen molar-refractivity contribution < 1.29 is 4.79 Å². The number of carbonyl (C=O) groups excluding carboxylic acids is 1. The molecule has 1 aliphatic rings. The molecule has 0 atom stereocenters. The molecule has 0 aliphatic carbocycles. The zero-order chi connectivity index (χ0) is 13.8. The maximum atomic E-state index is 12.0. The molecule has 1 amide bonds. The van der Waals surface area contributed by atoms with Crippen LogP contribution in [0.5, 0.6) is 0 Å². The number of aromatic nitrogens is 2. The van der Waals surface area contributed by atoms with Gasteiger partial charge in [0.05, 0.1) is 11.4 Å². The minimum atomic E-state index is -0.174. The van der Waals surface area contributed by atoms with Gasteiger partial charge in [0.25, 0.3) is 5.91 Å². The first-order valence-electron chi connectivity index (χ1n) is 6.91.